The molecule has 1 aromatic carbocycles. The third-order valence-corrected chi connectivity index (χ3v) is 3.87. The van der Waals surface area contributed by atoms with Gasteiger partial charge in [-0.1, -0.05) is 11.8 Å². The van der Waals surface area contributed by atoms with Gasteiger partial charge in [-0.15, -0.1) is 10.2 Å². The number of azo groups is 1. The highest BCUT2D eigenvalue weighted by Crippen LogP contribution is 2.31. The number of hydrogen-bond donors (Lipinski definition) is 1. The van der Waals surface area contributed by atoms with Crippen molar-refractivity contribution in [2.24, 2.45) is 10.2 Å². The summed E-state index contributed by atoms with van der Waals surface area (Å²) < 4.78 is 17.4. The first-order valence-corrected chi connectivity index (χ1v) is 7.74. The molecule has 0 aliphatic heterocycles. The Morgan fingerprint density at radius 2 is 2.19 bits per heavy atom. The summed E-state index contributed by atoms with van der Waals surface area (Å²) in [6.07, 6.45) is 3.52. The third-order valence-electron chi connectivity index (χ3n) is 2.57. The maximum absolute atomic E-state index is 13.2. The minimum absolute atomic E-state index is 0.300. The van der Waals surface area contributed by atoms with Crippen LogP contribution in [0.25, 0.3) is 11.0 Å². The lowest BCUT2D eigenvalue weighted by Gasteiger charge is -1.95. The van der Waals surface area contributed by atoms with Crippen molar-refractivity contribution in [3.05, 3.63) is 30.2 Å². The molecule has 0 radical (unpaired) electrons. The molecule has 0 fully saturated rings. The molecule has 0 atom stereocenters. The van der Waals surface area contributed by atoms with E-state index in [2.05, 4.69) is 24.6 Å². The van der Waals surface area contributed by atoms with E-state index in [4.69, 9.17) is 5.11 Å². The van der Waals surface area contributed by atoms with Crippen molar-refractivity contribution in [3.8, 4) is 5.75 Å². The zero-order chi connectivity index (χ0) is 14.8. The lowest BCUT2D eigenvalue weighted by molar-refractivity contribution is 0.432. The van der Waals surface area contributed by atoms with Crippen molar-refractivity contribution >= 4 is 45.0 Å². The highest BCUT2D eigenvalue weighted by atomic mass is 32.2. The van der Waals surface area contributed by atoms with E-state index in [-0.39, 0.29) is 0 Å². The molecule has 0 unspecified atom stereocenters. The maximum atomic E-state index is 13.2. The lowest BCUT2D eigenvalue weighted by atomic mass is 10.3. The van der Waals surface area contributed by atoms with Crippen LogP contribution >= 0.6 is 23.3 Å². The number of phenolic OH excluding ortho intramolecular Hbond substituents is 1. The fraction of sp³-hybridized carbons (Fsp3) is 0.0833. The standard InChI is InChI=1S/C12H8FN5OS2/c1-20-12-14-5-7-10(15-12)18-21-11(7)17-16-6-2-3-9(19)8(13)4-6/h2-5,19H,1H3/b17-16+. The molecule has 0 amide bonds. The monoisotopic (exact) mass is 321 g/mol. The minimum atomic E-state index is -0.742. The second kappa shape index (κ2) is 5.70. The van der Waals surface area contributed by atoms with Crippen LogP contribution in [-0.2, 0) is 0 Å². The third kappa shape index (κ3) is 2.83. The number of phenols is 1. The number of rotatable bonds is 3. The Morgan fingerprint density at radius 1 is 1.33 bits per heavy atom. The van der Waals surface area contributed by atoms with Gasteiger partial charge < -0.3 is 5.11 Å². The molecule has 0 saturated heterocycles. The number of nitrogens with zero attached hydrogens (tertiary/aromatic N) is 5. The average Bonchev–Trinajstić information content (AvgIpc) is 2.90. The molecule has 3 rings (SSSR count). The number of halogens is 1. The first-order chi connectivity index (χ1) is 10.2. The molecule has 0 spiro atoms. The Bertz CT molecular complexity index is 836. The van der Waals surface area contributed by atoms with Crippen LogP contribution in [0.4, 0.5) is 15.1 Å². The van der Waals surface area contributed by atoms with Crippen LogP contribution in [0.3, 0.4) is 0 Å². The van der Waals surface area contributed by atoms with E-state index >= 15 is 0 Å². The van der Waals surface area contributed by atoms with Gasteiger partial charge in [0, 0.05) is 12.3 Å². The van der Waals surface area contributed by atoms with Gasteiger partial charge in [-0.25, -0.2) is 14.4 Å². The van der Waals surface area contributed by atoms with Crippen LogP contribution in [0.5, 0.6) is 5.75 Å². The normalized spacial score (nSPS) is 11.5. The maximum Gasteiger partial charge on any atom is 0.189 e. The van der Waals surface area contributed by atoms with Crippen molar-refractivity contribution < 1.29 is 9.50 Å². The van der Waals surface area contributed by atoms with Gasteiger partial charge in [0.2, 0.25) is 0 Å². The van der Waals surface area contributed by atoms with E-state index in [0.29, 0.717) is 26.9 Å². The summed E-state index contributed by atoms with van der Waals surface area (Å²) in [6, 6.07) is 3.79. The van der Waals surface area contributed by atoms with Crippen LogP contribution in [0, 0.1) is 5.82 Å². The molecule has 9 heteroatoms. The SMILES string of the molecule is CSc1ncc2c(/N=N/c3ccc(O)c(F)c3)snc2n1. The molecule has 3 aromatic rings. The van der Waals surface area contributed by atoms with Crippen LogP contribution < -0.4 is 0 Å². The molecule has 0 aliphatic carbocycles. The summed E-state index contributed by atoms with van der Waals surface area (Å²) in [5.41, 5.74) is 0.860. The lowest BCUT2D eigenvalue weighted by Crippen LogP contribution is -1.84. The largest absolute Gasteiger partial charge is 0.505 e. The summed E-state index contributed by atoms with van der Waals surface area (Å²) in [5, 5.41) is 19.0. The number of thioether (sulfide) groups is 1. The average molecular weight is 321 g/mol. The summed E-state index contributed by atoms with van der Waals surface area (Å²) in [6.45, 7) is 0. The zero-order valence-corrected chi connectivity index (χ0v) is 12.3. The highest BCUT2D eigenvalue weighted by molar-refractivity contribution is 7.98. The van der Waals surface area contributed by atoms with Crippen molar-refractivity contribution in [1.82, 2.24) is 14.3 Å². The summed E-state index contributed by atoms with van der Waals surface area (Å²) in [7, 11) is 0. The number of hydrogen-bond acceptors (Lipinski definition) is 8. The van der Waals surface area contributed by atoms with Crippen LogP contribution in [0.2, 0.25) is 0 Å². The van der Waals surface area contributed by atoms with Gasteiger partial charge in [0.25, 0.3) is 0 Å². The van der Waals surface area contributed by atoms with Gasteiger partial charge in [0.15, 0.2) is 27.4 Å². The van der Waals surface area contributed by atoms with Crippen molar-refractivity contribution in [2.75, 3.05) is 6.26 Å². The molecule has 106 valence electrons. The Morgan fingerprint density at radius 3 is 2.95 bits per heavy atom. The molecule has 1 N–H and O–H groups in total. The van der Waals surface area contributed by atoms with Gasteiger partial charge in [0.05, 0.1) is 11.1 Å². The van der Waals surface area contributed by atoms with Crippen LogP contribution in [-0.4, -0.2) is 25.7 Å². The van der Waals surface area contributed by atoms with Crippen molar-refractivity contribution in [1.29, 1.82) is 0 Å². The number of aromatic hydroxyl groups is 1. The molecule has 2 aromatic heterocycles. The quantitative estimate of drug-likeness (QED) is 0.446. The van der Waals surface area contributed by atoms with Gasteiger partial charge in [-0.3, -0.25) is 0 Å². The fourth-order valence-corrected chi connectivity index (χ4v) is 2.51. The van der Waals surface area contributed by atoms with Crippen LogP contribution in [0.1, 0.15) is 0 Å². The second-order valence-corrected chi connectivity index (χ2v) is 5.44. The number of aromatic nitrogens is 3. The van der Waals surface area contributed by atoms with E-state index in [1.54, 1.807) is 6.20 Å². The van der Waals surface area contributed by atoms with Crippen molar-refractivity contribution in [2.45, 2.75) is 5.16 Å². The molecule has 0 aliphatic rings. The molecule has 21 heavy (non-hydrogen) atoms. The summed E-state index contributed by atoms with van der Waals surface area (Å²) in [5.74, 6) is -1.16. The van der Waals surface area contributed by atoms with Gasteiger partial charge in [-0.2, -0.15) is 4.37 Å². The second-order valence-electron chi connectivity index (χ2n) is 3.92. The smallest absolute Gasteiger partial charge is 0.189 e. The van der Waals surface area contributed by atoms with E-state index in [9.17, 15) is 4.39 Å². The molecule has 6 nitrogen and oxygen atoms in total. The topological polar surface area (TPSA) is 83.6 Å². The predicted octanol–water partition coefficient (Wildman–Crippen LogP) is 4.07. The minimum Gasteiger partial charge on any atom is -0.505 e. The van der Waals surface area contributed by atoms with E-state index < -0.39 is 11.6 Å². The Labute approximate surface area is 127 Å². The first-order valence-electron chi connectivity index (χ1n) is 5.74. The number of fused-ring (bicyclic) bond motifs is 1. The molecule has 0 bridgehead atoms. The highest BCUT2D eigenvalue weighted by Gasteiger charge is 2.08. The van der Waals surface area contributed by atoms with E-state index in [1.807, 2.05) is 6.26 Å². The van der Waals surface area contributed by atoms with Gasteiger partial charge in [-0.05, 0) is 29.9 Å². The van der Waals surface area contributed by atoms with Crippen LogP contribution in [0.15, 0.2) is 39.8 Å². The van der Waals surface area contributed by atoms with Gasteiger partial charge >= 0.3 is 0 Å². The summed E-state index contributed by atoms with van der Waals surface area (Å²) >= 11 is 2.57. The Hall–Kier alpha value is -2.13. The Kier molecular flexibility index (Phi) is 3.76. The predicted molar refractivity (Wildman–Crippen MR) is 79.2 cm³/mol. The number of benzene rings is 1. The van der Waals surface area contributed by atoms with E-state index in [0.717, 1.165) is 17.6 Å². The molecular weight excluding hydrogens is 313 g/mol. The molecule has 0 saturated carbocycles. The first kappa shape index (κ1) is 13.8. The fourth-order valence-electron chi connectivity index (χ4n) is 1.54. The van der Waals surface area contributed by atoms with Gasteiger partial charge in [0.1, 0.15) is 0 Å². The summed E-state index contributed by atoms with van der Waals surface area (Å²) in [4.78, 5) is 8.41. The molecule has 2 heterocycles. The molecular formula is C12H8FN5OS2. The Balaban J connectivity index is 1.93. The van der Waals surface area contributed by atoms with E-state index in [1.165, 1.54) is 23.9 Å². The van der Waals surface area contributed by atoms with Crippen molar-refractivity contribution in [3.63, 3.8) is 0 Å². The zero-order valence-electron chi connectivity index (χ0n) is 10.7.